The standard InChI is InChI=1S/C26H28F2N6O3S2/c1-15(2)14-30-25-29-13-12-20(31-25)23-21(32-26(38-23)34(3)4)16-8-6-11-19(22(16)37-5)33-39(35,36)24-17(27)9-7-10-18(24)28/h6-13,15,33H,14H2,1-5H3,(H,29,30,31). The lowest BCUT2D eigenvalue weighted by Crippen LogP contribution is -2.17. The fraction of sp³-hybridized carbons (Fsp3) is 0.269. The maximum absolute atomic E-state index is 14.3. The maximum Gasteiger partial charge on any atom is 0.267 e. The average molecular weight is 575 g/mol. The third-order valence-electron chi connectivity index (χ3n) is 5.46. The Morgan fingerprint density at radius 2 is 1.74 bits per heavy atom. The lowest BCUT2D eigenvalue weighted by molar-refractivity contribution is 0.418. The molecule has 2 aromatic carbocycles. The number of aromatic nitrogens is 3. The summed E-state index contributed by atoms with van der Waals surface area (Å²) >= 11 is 1.39. The van der Waals surface area contributed by atoms with Gasteiger partial charge in [0.05, 0.1) is 29.1 Å². The van der Waals surface area contributed by atoms with Gasteiger partial charge in [-0.1, -0.05) is 37.3 Å². The first-order valence-corrected chi connectivity index (χ1v) is 14.2. The Hall–Kier alpha value is -3.84. The predicted molar refractivity (Wildman–Crippen MR) is 150 cm³/mol. The molecule has 0 aliphatic carbocycles. The van der Waals surface area contributed by atoms with Gasteiger partial charge in [-0.15, -0.1) is 0 Å². The number of sulfonamides is 1. The highest BCUT2D eigenvalue weighted by atomic mass is 32.2. The number of para-hydroxylation sites is 1. The molecule has 0 spiro atoms. The number of anilines is 3. The van der Waals surface area contributed by atoms with Crippen LogP contribution in [0, 0.1) is 17.6 Å². The van der Waals surface area contributed by atoms with Crippen molar-refractivity contribution < 1.29 is 21.9 Å². The molecule has 0 atom stereocenters. The molecule has 0 unspecified atom stereocenters. The molecule has 0 aliphatic rings. The van der Waals surface area contributed by atoms with Crippen molar-refractivity contribution in [2.24, 2.45) is 5.92 Å². The first-order chi connectivity index (χ1) is 18.5. The van der Waals surface area contributed by atoms with Crippen molar-refractivity contribution >= 4 is 38.1 Å². The van der Waals surface area contributed by atoms with Crippen LogP contribution >= 0.6 is 11.3 Å². The monoisotopic (exact) mass is 574 g/mol. The summed E-state index contributed by atoms with van der Waals surface area (Å²) in [5.74, 6) is -1.43. The van der Waals surface area contributed by atoms with Gasteiger partial charge in [-0.05, 0) is 36.2 Å². The van der Waals surface area contributed by atoms with Crippen LogP contribution in [0.15, 0.2) is 53.6 Å². The third-order valence-corrected chi connectivity index (χ3v) is 8.12. The Kier molecular flexibility index (Phi) is 8.31. The van der Waals surface area contributed by atoms with E-state index in [0.29, 0.717) is 45.4 Å². The van der Waals surface area contributed by atoms with Crippen LogP contribution in [0.3, 0.4) is 0 Å². The van der Waals surface area contributed by atoms with E-state index in [0.717, 1.165) is 18.2 Å². The molecule has 206 valence electrons. The quantitative estimate of drug-likeness (QED) is 0.256. The fourth-order valence-electron chi connectivity index (χ4n) is 3.68. The molecule has 9 nitrogen and oxygen atoms in total. The first kappa shape index (κ1) is 28.2. The SMILES string of the molecule is COc1c(NS(=O)(=O)c2c(F)cccc2F)cccc1-c1nc(N(C)C)sc1-c1ccnc(NCC(C)C)n1. The Bertz CT molecular complexity index is 1570. The molecular weight excluding hydrogens is 546 g/mol. The number of rotatable bonds is 10. The van der Waals surface area contributed by atoms with Crippen molar-refractivity contribution in [1.29, 1.82) is 0 Å². The van der Waals surface area contributed by atoms with Crippen LogP contribution in [0.2, 0.25) is 0 Å². The van der Waals surface area contributed by atoms with Gasteiger partial charge in [-0.25, -0.2) is 32.2 Å². The first-order valence-electron chi connectivity index (χ1n) is 11.9. The summed E-state index contributed by atoms with van der Waals surface area (Å²) in [6, 6.07) is 9.36. The number of hydrogen-bond donors (Lipinski definition) is 2. The van der Waals surface area contributed by atoms with Gasteiger partial charge in [-0.2, -0.15) is 0 Å². The number of nitrogens with zero attached hydrogens (tertiary/aromatic N) is 4. The van der Waals surface area contributed by atoms with Gasteiger partial charge in [-0.3, -0.25) is 4.72 Å². The minimum absolute atomic E-state index is 0.00928. The second-order valence-corrected chi connectivity index (χ2v) is 11.7. The number of methoxy groups -OCH3 is 1. The number of thiazole rings is 1. The lowest BCUT2D eigenvalue weighted by atomic mass is 10.1. The van der Waals surface area contributed by atoms with E-state index >= 15 is 0 Å². The van der Waals surface area contributed by atoms with Crippen LogP contribution in [0.25, 0.3) is 21.8 Å². The second kappa shape index (κ2) is 11.5. The highest BCUT2D eigenvalue weighted by molar-refractivity contribution is 7.92. The third kappa shape index (κ3) is 6.09. The smallest absolute Gasteiger partial charge is 0.267 e. The molecule has 0 aliphatic heterocycles. The van der Waals surface area contributed by atoms with Gasteiger partial charge in [0.2, 0.25) is 5.95 Å². The minimum atomic E-state index is -4.63. The number of hydrogen-bond acceptors (Lipinski definition) is 9. The van der Waals surface area contributed by atoms with Crippen LogP contribution in [0.1, 0.15) is 13.8 Å². The lowest BCUT2D eigenvalue weighted by Gasteiger charge is -2.16. The van der Waals surface area contributed by atoms with E-state index in [9.17, 15) is 17.2 Å². The summed E-state index contributed by atoms with van der Waals surface area (Å²) in [6.45, 7) is 4.85. The molecule has 0 radical (unpaired) electrons. The number of halogens is 2. The molecule has 39 heavy (non-hydrogen) atoms. The Balaban J connectivity index is 1.82. The van der Waals surface area contributed by atoms with Crippen LogP contribution in [0.5, 0.6) is 5.75 Å². The van der Waals surface area contributed by atoms with Crippen molar-refractivity contribution in [3.63, 3.8) is 0 Å². The zero-order valence-corrected chi connectivity index (χ0v) is 23.6. The number of nitrogens with one attached hydrogen (secondary N) is 2. The van der Waals surface area contributed by atoms with Crippen LogP contribution in [0.4, 0.5) is 25.5 Å². The van der Waals surface area contributed by atoms with Crippen molar-refractivity contribution in [2.45, 2.75) is 18.7 Å². The highest BCUT2D eigenvalue weighted by Gasteiger charge is 2.27. The molecule has 0 amide bonds. The van der Waals surface area contributed by atoms with Gasteiger partial charge in [0.15, 0.2) is 15.8 Å². The summed E-state index contributed by atoms with van der Waals surface area (Å²) in [6.07, 6.45) is 1.65. The van der Waals surface area contributed by atoms with Gasteiger partial charge in [0.25, 0.3) is 10.0 Å². The summed E-state index contributed by atoms with van der Waals surface area (Å²) in [5.41, 5.74) is 1.55. The molecule has 2 N–H and O–H groups in total. The molecule has 0 bridgehead atoms. The van der Waals surface area contributed by atoms with Crippen molar-refractivity contribution in [2.75, 3.05) is 42.7 Å². The van der Waals surface area contributed by atoms with E-state index in [1.807, 2.05) is 19.0 Å². The van der Waals surface area contributed by atoms with Gasteiger partial charge in [0, 0.05) is 32.4 Å². The van der Waals surface area contributed by atoms with E-state index in [-0.39, 0.29) is 11.4 Å². The zero-order valence-electron chi connectivity index (χ0n) is 22.0. The van der Waals surface area contributed by atoms with E-state index in [2.05, 4.69) is 33.9 Å². The molecule has 4 rings (SSSR count). The molecule has 0 fully saturated rings. The highest BCUT2D eigenvalue weighted by Crippen LogP contribution is 2.45. The molecule has 0 saturated heterocycles. The molecule has 4 aromatic rings. The van der Waals surface area contributed by atoms with Gasteiger partial charge >= 0.3 is 0 Å². The number of ether oxygens (including phenoxy) is 1. The maximum atomic E-state index is 14.3. The largest absolute Gasteiger partial charge is 0.494 e. The predicted octanol–water partition coefficient (Wildman–Crippen LogP) is 5.49. The molecule has 2 aromatic heterocycles. The summed E-state index contributed by atoms with van der Waals surface area (Å²) in [5, 5.41) is 3.89. The van der Waals surface area contributed by atoms with Gasteiger partial charge < -0.3 is 15.0 Å². The molecular formula is C26H28F2N6O3S2. The Morgan fingerprint density at radius 3 is 2.38 bits per heavy atom. The van der Waals surface area contributed by atoms with Crippen molar-refractivity contribution in [3.05, 3.63) is 60.3 Å². The Morgan fingerprint density at radius 1 is 1.05 bits per heavy atom. The normalized spacial score (nSPS) is 11.5. The van der Waals surface area contributed by atoms with Crippen LogP contribution in [-0.2, 0) is 10.0 Å². The minimum Gasteiger partial charge on any atom is -0.494 e. The van der Waals surface area contributed by atoms with E-state index in [1.54, 1.807) is 24.4 Å². The van der Waals surface area contributed by atoms with E-state index in [1.165, 1.54) is 24.5 Å². The van der Waals surface area contributed by atoms with Gasteiger partial charge in [0.1, 0.15) is 11.6 Å². The topological polar surface area (TPSA) is 109 Å². The van der Waals surface area contributed by atoms with E-state index in [4.69, 9.17) is 9.72 Å². The second-order valence-electron chi connectivity index (χ2n) is 9.15. The Labute approximate surface area is 230 Å². The van der Waals surface area contributed by atoms with Crippen molar-refractivity contribution in [1.82, 2.24) is 15.0 Å². The summed E-state index contributed by atoms with van der Waals surface area (Å²) in [4.78, 5) is 15.2. The molecule has 0 saturated carbocycles. The number of benzene rings is 2. The fourth-order valence-corrected chi connectivity index (χ4v) is 5.86. The average Bonchev–Trinajstić information content (AvgIpc) is 3.33. The van der Waals surface area contributed by atoms with Crippen LogP contribution in [-0.4, -0.2) is 51.1 Å². The zero-order chi connectivity index (χ0) is 28.3. The molecule has 2 heterocycles. The van der Waals surface area contributed by atoms with E-state index < -0.39 is 26.6 Å². The molecule has 13 heteroatoms. The van der Waals surface area contributed by atoms with Crippen molar-refractivity contribution in [3.8, 4) is 27.6 Å². The summed E-state index contributed by atoms with van der Waals surface area (Å²) in [7, 11) is 0.450. The summed E-state index contributed by atoms with van der Waals surface area (Å²) < 4.78 is 62.5. The van der Waals surface area contributed by atoms with Crippen LogP contribution < -0.4 is 19.7 Å².